The molecule has 0 unspecified atom stereocenters. The minimum atomic E-state index is -4.52. The standard InChI is InChI=1S/C12H11BrF3NO2/c1-11(19)5-17(6-11)10(18)7-3-2-4-8(9(7)13)12(14,15)16/h2-4,19H,5-6H2,1H3. The summed E-state index contributed by atoms with van der Waals surface area (Å²) in [5, 5.41) is 9.55. The van der Waals surface area contributed by atoms with Crippen molar-refractivity contribution < 1.29 is 23.1 Å². The summed E-state index contributed by atoms with van der Waals surface area (Å²) >= 11 is 2.84. The van der Waals surface area contributed by atoms with Crippen LogP contribution >= 0.6 is 15.9 Å². The second-order valence-corrected chi connectivity index (χ2v) is 5.62. The van der Waals surface area contributed by atoms with Gasteiger partial charge in [-0.1, -0.05) is 6.07 Å². The van der Waals surface area contributed by atoms with Gasteiger partial charge in [0.1, 0.15) is 0 Å². The molecule has 3 nitrogen and oxygen atoms in total. The number of benzene rings is 1. The first-order valence-corrected chi connectivity index (χ1v) is 6.28. The zero-order valence-electron chi connectivity index (χ0n) is 9.96. The maximum Gasteiger partial charge on any atom is 0.417 e. The third-order valence-corrected chi connectivity index (χ3v) is 3.74. The van der Waals surface area contributed by atoms with Crippen molar-refractivity contribution in [2.24, 2.45) is 0 Å². The van der Waals surface area contributed by atoms with E-state index in [0.29, 0.717) is 0 Å². The van der Waals surface area contributed by atoms with Crippen LogP contribution in [0.15, 0.2) is 22.7 Å². The lowest BCUT2D eigenvalue weighted by Gasteiger charge is -2.44. The highest BCUT2D eigenvalue weighted by Crippen LogP contribution is 2.37. The third-order valence-electron chi connectivity index (χ3n) is 2.88. The Hall–Kier alpha value is -1.08. The molecule has 1 aliphatic rings. The van der Waals surface area contributed by atoms with Gasteiger partial charge in [0, 0.05) is 4.47 Å². The normalized spacial score (nSPS) is 18.1. The van der Waals surface area contributed by atoms with Crippen LogP contribution in [0.5, 0.6) is 0 Å². The van der Waals surface area contributed by atoms with Crippen LogP contribution in [0.4, 0.5) is 13.2 Å². The Bertz CT molecular complexity index is 520. The molecule has 2 rings (SSSR count). The Balaban J connectivity index is 2.29. The number of amides is 1. The number of carbonyl (C=O) groups excluding carboxylic acids is 1. The Morgan fingerprint density at radius 3 is 2.47 bits per heavy atom. The van der Waals surface area contributed by atoms with Gasteiger partial charge < -0.3 is 10.0 Å². The molecule has 19 heavy (non-hydrogen) atoms. The van der Waals surface area contributed by atoms with Crippen LogP contribution < -0.4 is 0 Å². The summed E-state index contributed by atoms with van der Waals surface area (Å²) in [4.78, 5) is 13.3. The lowest BCUT2D eigenvalue weighted by Crippen LogP contribution is -2.61. The Morgan fingerprint density at radius 2 is 2.00 bits per heavy atom. The summed E-state index contributed by atoms with van der Waals surface area (Å²) < 4.78 is 37.9. The van der Waals surface area contributed by atoms with Gasteiger partial charge in [-0.3, -0.25) is 4.79 Å². The Labute approximate surface area is 116 Å². The maximum absolute atomic E-state index is 12.7. The van der Waals surface area contributed by atoms with Crippen molar-refractivity contribution in [1.29, 1.82) is 0 Å². The molecular formula is C12H11BrF3NO2. The van der Waals surface area contributed by atoms with Crippen LogP contribution in [-0.2, 0) is 6.18 Å². The van der Waals surface area contributed by atoms with E-state index in [2.05, 4.69) is 15.9 Å². The molecule has 0 saturated carbocycles. The number of hydrogen-bond acceptors (Lipinski definition) is 2. The van der Waals surface area contributed by atoms with Crippen LogP contribution in [-0.4, -0.2) is 34.6 Å². The van der Waals surface area contributed by atoms with Crippen LogP contribution in [0, 0.1) is 0 Å². The Kier molecular flexibility index (Phi) is 3.38. The monoisotopic (exact) mass is 337 g/mol. The van der Waals surface area contributed by atoms with Crippen LogP contribution in [0.1, 0.15) is 22.8 Å². The molecule has 104 valence electrons. The van der Waals surface area contributed by atoms with Crippen LogP contribution in [0.25, 0.3) is 0 Å². The molecule has 0 bridgehead atoms. The lowest BCUT2D eigenvalue weighted by molar-refractivity contribution is -0.138. The smallest absolute Gasteiger partial charge is 0.386 e. The van der Waals surface area contributed by atoms with E-state index >= 15 is 0 Å². The van der Waals surface area contributed by atoms with Gasteiger partial charge in [-0.25, -0.2) is 0 Å². The molecule has 1 aromatic rings. The predicted molar refractivity (Wildman–Crippen MR) is 65.7 cm³/mol. The number of likely N-dealkylation sites (tertiary alicyclic amines) is 1. The largest absolute Gasteiger partial charge is 0.417 e. The van der Waals surface area contributed by atoms with Crippen molar-refractivity contribution in [3.8, 4) is 0 Å². The number of aliphatic hydroxyl groups is 1. The molecule has 1 fully saturated rings. The van der Waals surface area contributed by atoms with Gasteiger partial charge in [0.05, 0.1) is 29.8 Å². The predicted octanol–water partition coefficient (Wildman–Crippen LogP) is 2.67. The van der Waals surface area contributed by atoms with Crippen molar-refractivity contribution in [3.05, 3.63) is 33.8 Å². The first-order valence-electron chi connectivity index (χ1n) is 5.49. The van der Waals surface area contributed by atoms with Gasteiger partial charge in [-0.15, -0.1) is 0 Å². The molecule has 1 aliphatic heterocycles. The highest BCUT2D eigenvalue weighted by atomic mass is 79.9. The first kappa shape index (κ1) is 14.3. The molecule has 0 spiro atoms. The van der Waals surface area contributed by atoms with E-state index in [-0.39, 0.29) is 23.1 Å². The van der Waals surface area contributed by atoms with E-state index in [9.17, 15) is 23.1 Å². The van der Waals surface area contributed by atoms with Gasteiger partial charge in [0.15, 0.2) is 0 Å². The average molecular weight is 338 g/mol. The van der Waals surface area contributed by atoms with Crippen molar-refractivity contribution in [2.45, 2.75) is 18.7 Å². The van der Waals surface area contributed by atoms with Gasteiger partial charge in [0.25, 0.3) is 5.91 Å². The summed E-state index contributed by atoms with van der Waals surface area (Å²) in [6.45, 7) is 1.81. The van der Waals surface area contributed by atoms with E-state index in [0.717, 1.165) is 6.07 Å². The third kappa shape index (κ3) is 2.76. The fraction of sp³-hybridized carbons (Fsp3) is 0.417. The fourth-order valence-corrected chi connectivity index (χ4v) is 2.66. The summed E-state index contributed by atoms with van der Waals surface area (Å²) in [5.74, 6) is -0.524. The zero-order valence-corrected chi connectivity index (χ0v) is 11.5. The summed E-state index contributed by atoms with van der Waals surface area (Å²) in [6, 6.07) is 3.43. The number of hydrogen-bond donors (Lipinski definition) is 1. The van der Waals surface area contributed by atoms with E-state index in [1.807, 2.05) is 0 Å². The van der Waals surface area contributed by atoms with Gasteiger partial charge in [-0.2, -0.15) is 13.2 Å². The van der Waals surface area contributed by atoms with Crippen molar-refractivity contribution in [3.63, 3.8) is 0 Å². The van der Waals surface area contributed by atoms with Gasteiger partial charge in [0.2, 0.25) is 0 Å². The second kappa shape index (κ2) is 4.49. The molecule has 1 saturated heterocycles. The number of rotatable bonds is 1. The molecule has 1 heterocycles. The molecule has 0 aliphatic carbocycles. The molecule has 0 aromatic heterocycles. The summed E-state index contributed by atoms with van der Waals surface area (Å²) in [5.41, 5.74) is -1.89. The zero-order chi connectivity index (χ0) is 14.4. The minimum absolute atomic E-state index is 0.0506. The van der Waals surface area contributed by atoms with Crippen molar-refractivity contribution in [2.75, 3.05) is 13.1 Å². The SMILES string of the molecule is CC1(O)CN(C(=O)c2cccc(C(F)(F)F)c2Br)C1. The topological polar surface area (TPSA) is 40.5 Å². The minimum Gasteiger partial charge on any atom is -0.386 e. The van der Waals surface area contributed by atoms with E-state index in [1.165, 1.54) is 17.0 Å². The summed E-state index contributed by atoms with van der Waals surface area (Å²) in [7, 11) is 0. The Morgan fingerprint density at radius 1 is 1.42 bits per heavy atom. The lowest BCUT2D eigenvalue weighted by atomic mass is 9.95. The molecule has 7 heteroatoms. The van der Waals surface area contributed by atoms with E-state index in [1.54, 1.807) is 6.92 Å². The molecular weight excluding hydrogens is 327 g/mol. The maximum atomic E-state index is 12.7. The molecule has 1 amide bonds. The van der Waals surface area contributed by atoms with E-state index < -0.39 is 23.2 Å². The second-order valence-electron chi connectivity index (χ2n) is 4.82. The summed E-state index contributed by atoms with van der Waals surface area (Å²) in [6.07, 6.45) is -4.52. The van der Waals surface area contributed by atoms with Gasteiger partial charge in [-0.05, 0) is 35.0 Å². The number of nitrogens with zero attached hydrogens (tertiary/aromatic N) is 1. The fourth-order valence-electron chi connectivity index (χ4n) is 2.01. The molecule has 1 aromatic carbocycles. The highest BCUT2D eigenvalue weighted by molar-refractivity contribution is 9.10. The number of carbonyl (C=O) groups is 1. The quantitative estimate of drug-likeness (QED) is 0.855. The van der Waals surface area contributed by atoms with E-state index in [4.69, 9.17) is 0 Å². The molecule has 1 N–H and O–H groups in total. The highest BCUT2D eigenvalue weighted by Gasteiger charge is 2.41. The average Bonchev–Trinajstić information content (AvgIpc) is 2.23. The molecule has 0 atom stereocenters. The first-order chi connectivity index (χ1) is 8.62. The van der Waals surface area contributed by atoms with Crippen LogP contribution in [0.2, 0.25) is 0 Å². The van der Waals surface area contributed by atoms with Gasteiger partial charge >= 0.3 is 6.18 Å². The van der Waals surface area contributed by atoms with Crippen molar-refractivity contribution in [1.82, 2.24) is 4.90 Å². The van der Waals surface area contributed by atoms with Crippen molar-refractivity contribution >= 4 is 21.8 Å². The number of alkyl halides is 3. The molecule has 0 radical (unpaired) electrons. The number of halogens is 4. The van der Waals surface area contributed by atoms with Crippen LogP contribution in [0.3, 0.4) is 0 Å². The number of β-amino-alcohol motifs (C(OH)–C–C–N with tert-alkyl or cyclic N) is 1.